The van der Waals surface area contributed by atoms with Gasteiger partial charge in [0, 0.05) is 18.5 Å². The van der Waals surface area contributed by atoms with Gasteiger partial charge in [0.25, 0.3) is 0 Å². The molecule has 0 aliphatic carbocycles. The number of hydrogen-bond acceptors (Lipinski definition) is 2. The molecular weight excluding hydrogens is 222 g/mol. The Labute approximate surface area is 102 Å². The highest BCUT2D eigenvalue weighted by molar-refractivity contribution is 6.18. The van der Waals surface area contributed by atoms with E-state index in [1.165, 1.54) is 5.56 Å². The molecule has 88 valence electrons. The molecule has 0 aromatic heterocycles. The van der Waals surface area contributed by atoms with Crippen molar-refractivity contribution in [3.63, 3.8) is 0 Å². The van der Waals surface area contributed by atoms with Crippen LogP contribution in [0.5, 0.6) is 5.75 Å². The van der Waals surface area contributed by atoms with Gasteiger partial charge in [0.15, 0.2) is 0 Å². The molecule has 0 amide bonds. The van der Waals surface area contributed by atoms with Gasteiger partial charge in [-0.05, 0) is 24.6 Å². The summed E-state index contributed by atoms with van der Waals surface area (Å²) in [6.07, 6.45) is 3.97. The molecule has 0 saturated heterocycles. The van der Waals surface area contributed by atoms with E-state index in [9.17, 15) is 0 Å². The summed E-state index contributed by atoms with van der Waals surface area (Å²) in [5, 5.41) is 3.38. The molecule has 0 aliphatic heterocycles. The average Bonchev–Trinajstić information content (AvgIpc) is 2.34. The summed E-state index contributed by atoms with van der Waals surface area (Å²) in [6, 6.07) is 8.42. The fraction of sp³-hybridized carbons (Fsp3) is 0.385. The lowest BCUT2D eigenvalue weighted by Gasteiger charge is -2.13. The van der Waals surface area contributed by atoms with Gasteiger partial charge in [-0.1, -0.05) is 24.3 Å². The van der Waals surface area contributed by atoms with E-state index in [1.807, 2.05) is 24.3 Å². The van der Waals surface area contributed by atoms with Crippen molar-refractivity contribution in [2.75, 3.05) is 19.5 Å². The lowest BCUT2D eigenvalue weighted by Crippen LogP contribution is -2.18. The number of allylic oxidation sites excluding steroid dienone is 1. The number of rotatable bonds is 6. The molecule has 1 aromatic rings. The van der Waals surface area contributed by atoms with Gasteiger partial charge in [-0.25, -0.2) is 0 Å². The Bertz CT molecular complexity index is 321. The Morgan fingerprint density at radius 2 is 2.00 bits per heavy atom. The first-order chi connectivity index (χ1) is 7.77. The van der Waals surface area contributed by atoms with Crippen LogP contribution in [0.15, 0.2) is 36.4 Å². The topological polar surface area (TPSA) is 21.3 Å². The van der Waals surface area contributed by atoms with Crippen LogP contribution in [-0.4, -0.2) is 19.5 Å². The van der Waals surface area contributed by atoms with E-state index in [2.05, 4.69) is 24.4 Å². The predicted molar refractivity (Wildman–Crippen MR) is 69.3 cm³/mol. The number of alkyl halides is 1. The van der Waals surface area contributed by atoms with Crippen molar-refractivity contribution < 1.29 is 4.74 Å². The molecule has 0 radical (unpaired) electrons. The van der Waals surface area contributed by atoms with E-state index >= 15 is 0 Å². The van der Waals surface area contributed by atoms with Crippen molar-refractivity contribution >= 4 is 11.6 Å². The zero-order valence-electron chi connectivity index (χ0n) is 9.74. The molecular formula is C13H18ClNO. The Balaban J connectivity index is 2.45. The molecule has 0 saturated carbocycles. The third-order valence-corrected chi connectivity index (χ3v) is 2.59. The molecule has 1 atom stereocenters. The first kappa shape index (κ1) is 13.1. The Hall–Kier alpha value is -0.990. The van der Waals surface area contributed by atoms with E-state index in [0.717, 1.165) is 12.3 Å². The first-order valence-electron chi connectivity index (χ1n) is 5.36. The summed E-state index contributed by atoms with van der Waals surface area (Å²) in [5.41, 5.74) is 1.25. The van der Waals surface area contributed by atoms with Crippen LogP contribution in [0.3, 0.4) is 0 Å². The van der Waals surface area contributed by atoms with E-state index in [1.54, 1.807) is 7.11 Å². The van der Waals surface area contributed by atoms with Crippen molar-refractivity contribution in [2.24, 2.45) is 0 Å². The molecule has 1 N–H and O–H groups in total. The van der Waals surface area contributed by atoms with E-state index < -0.39 is 0 Å². The molecule has 3 heteroatoms. The summed E-state index contributed by atoms with van der Waals surface area (Å²) >= 11 is 5.54. The summed E-state index contributed by atoms with van der Waals surface area (Å²) in [4.78, 5) is 0. The van der Waals surface area contributed by atoms with Gasteiger partial charge in [-0.2, -0.15) is 0 Å². The van der Waals surface area contributed by atoms with Gasteiger partial charge in [0.1, 0.15) is 5.75 Å². The molecule has 16 heavy (non-hydrogen) atoms. The second kappa shape index (κ2) is 7.31. The van der Waals surface area contributed by atoms with E-state index in [4.69, 9.17) is 16.3 Å². The SMILES string of the molecule is COc1ccc(C(C)NC/C=C/CCl)cc1. The number of methoxy groups -OCH3 is 1. The molecule has 0 fully saturated rings. The number of ether oxygens (including phenoxy) is 1. The minimum absolute atomic E-state index is 0.325. The first-order valence-corrected chi connectivity index (χ1v) is 5.89. The summed E-state index contributed by atoms with van der Waals surface area (Å²) in [6.45, 7) is 2.97. The third kappa shape index (κ3) is 4.25. The quantitative estimate of drug-likeness (QED) is 0.608. The third-order valence-electron chi connectivity index (χ3n) is 2.41. The van der Waals surface area contributed by atoms with Crippen LogP contribution in [-0.2, 0) is 0 Å². The van der Waals surface area contributed by atoms with Crippen molar-refractivity contribution in [1.82, 2.24) is 5.32 Å². The maximum Gasteiger partial charge on any atom is 0.118 e. The van der Waals surface area contributed by atoms with Crippen LogP contribution in [0.25, 0.3) is 0 Å². The lowest BCUT2D eigenvalue weighted by atomic mass is 10.1. The second-order valence-corrected chi connectivity index (χ2v) is 3.84. The van der Waals surface area contributed by atoms with Crippen LogP contribution < -0.4 is 10.1 Å². The fourth-order valence-electron chi connectivity index (χ4n) is 1.40. The normalized spacial score (nSPS) is 12.9. The molecule has 1 unspecified atom stereocenters. The molecule has 0 spiro atoms. The van der Waals surface area contributed by atoms with Crippen LogP contribution >= 0.6 is 11.6 Å². The minimum atomic E-state index is 0.325. The van der Waals surface area contributed by atoms with Crippen LogP contribution in [0.1, 0.15) is 18.5 Å². The molecule has 1 rings (SSSR count). The van der Waals surface area contributed by atoms with Gasteiger partial charge in [-0.3, -0.25) is 0 Å². The molecule has 0 aliphatic rings. The van der Waals surface area contributed by atoms with Crippen LogP contribution in [0, 0.1) is 0 Å². The Morgan fingerprint density at radius 3 is 2.56 bits per heavy atom. The van der Waals surface area contributed by atoms with Gasteiger partial charge in [-0.15, -0.1) is 11.6 Å². The summed E-state index contributed by atoms with van der Waals surface area (Å²) in [5.74, 6) is 1.46. The van der Waals surface area contributed by atoms with Crippen LogP contribution in [0.4, 0.5) is 0 Å². The van der Waals surface area contributed by atoms with E-state index in [0.29, 0.717) is 11.9 Å². The summed E-state index contributed by atoms with van der Waals surface area (Å²) in [7, 11) is 1.67. The highest BCUT2D eigenvalue weighted by Gasteiger charge is 2.02. The molecule has 1 aromatic carbocycles. The smallest absolute Gasteiger partial charge is 0.118 e. The highest BCUT2D eigenvalue weighted by atomic mass is 35.5. The zero-order valence-corrected chi connectivity index (χ0v) is 10.5. The lowest BCUT2D eigenvalue weighted by molar-refractivity contribution is 0.414. The van der Waals surface area contributed by atoms with Gasteiger partial charge in [0.2, 0.25) is 0 Å². The molecule has 2 nitrogen and oxygen atoms in total. The van der Waals surface area contributed by atoms with Gasteiger partial charge >= 0.3 is 0 Å². The number of benzene rings is 1. The van der Waals surface area contributed by atoms with Crippen molar-refractivity contribution in [3.05, 3.63) is 42.0 Å². The minimum Gasteiger partial charge on any atom is -0.497 e. The molecule has 0 bridgehead atoms. The molecule has 0 heterocycles. The van der Waals surface area contributed by atoms with E-state index in [-0.39, 0.29) is 0 Å². The average molecular weight is 240 g/mol. The Morgan fingerprint density at radius 1 is 1.31 bits per heavy atom. The van der Waals surface area contributed by atoms with Crippen LogP contribution in [0.2, 0.25) is 0 Å². The maximum absolute atomic E-state index is 5.54. The largest absolute Gasteiger partial charge is 0.497 e. The Kier molecular flexibility index (Phi) is 5.98. The standard InChI is InChI=1S/C13H18ClNO/c1-11(15-10-4-3-9-14)12-5-7-13(16-2)8-6-12/h3-8,11,15H,9-10H2,1-2H3/b4-3+. The van der Waals surface area contributed by atoms with Crippen molar-refractivity contribution in [3.8, 4) is 5.75 Å². The monoisotopic (exact) mass is 239 g/mol. The summed E-state index contributed by atoms with van der Waals surface area (Å²) < 4.78 is 5.12. The van der Waals surface area contributed by atoms with Crippen molar-refractivity contribution in [1.29, 1.82) is 0 Å². The van der Waals surface area contributed by atoms with Crippen molar-refractivity contribution in [2.45, 2.75) is 13.0 Å². The predicted octanol–water partition coefficient (Wildman–Crippen LogP) is 3.14. The second-order valence-electron chi connectivity index (χ2n) is 3.53. The zero-order chi connectivity index (χ0) is 11.8. The fourth-order valence-corrected chi connectivity index (χ4v) is 1.53. The maximum atomic E-state index is 5.54. The van der Waals surface area contributed by atoms with Gasteiger partial charge in [0.05, 0.1) is 7.11 Å². The van der Waals surface area contributed by atoms with Gasteiger partial charge < -0.3 is 10.1 Å². The highest BCUT2D eigenvalue weighted by Crippen LogP contribution is 2.16. The number of halogens is 1. The number of nitrogens with one attached hydrogen (secondary N) is 1. The number of hydrogen-bond donors (Lipinski definition) is 1.